The van der Waals surface area contributed by atoms with Crippen LogP contribution in [0.5, 0.6) is 0 Å². The quantitative estimate of drug-likeness (QED) is 0.848. The molecule has 0 spiro atoms. The zero-order chi connectivity index (χ0) is 13.7. The molecule has 2 rings (SSSR count). The van der Waals surface area contributed by atoms with E-state index in [2.05, 4.69) is 5.32 Å². The first kappa shape index (κ1) is 14.3. The van der Waals surface area contributed by atoms with Gasteiger partial charge in [-0.15, -0.1) is 0 Å². The second kappa shape index (κ2) is 6.39. The summed E-state index contributed by atoms with van der Waals surface area (Å²) in [5.74, 6) is 0.349. The largest absolute Gasteiger partial charge is 0.459 e. The Morgan fingerprint density at radius 1 is 1.11 bits per heavy atom. The smallest absolute Gasteiger partial charge is 0.312 e. The van der Waals surface area contributed by atoms with E-state index >= 15 is 0 Å². The predicted molar refractivity (Wildman–Crippen MR) is 68.5 cm³/mol. The van der Waals surface area contributed by atoms with Gasteiger partial charge in [0.15, 0.2) is 0 Å². The molecule has 1 saturated heterocycles. The van der Waals surface area contributed by atoms with E-state index in [0.717, 1.165) is 13.1 Å². The van der Waals surface area contributed by atoms with E-state index in [0.29, 0.717) is 23.7 Å². The van der Waals surface area contributed by atoms with Gasteiger partial charge in [-0.2, -0.15) is 13.2 Å². The topological polar surface area (TPSA) is 15.3 Å². The van der Waals surface area contributed by atoms with Crippen molar-refractivity contribution in [3.8, 4) is 0 Å². The lowest BCUT2D eigenvalue weighted by molar-refractivity contribution is -0.251. The third-order valence-corrected chi connectivity index (χ3v) is 3.58. The summed E-state index contributed by atoms with van der Waals surface area (Å²) in [7, 11) is 0. The summed E-state index contributed by atoms with van der Waals surface area (Å²) in [5.41, 5.74) is 1.20. The summed E-state index contributed by atoms with van der Waals surface area (Å²) in [6, 6.07) is 10.0. The van der Waals surface area contributed by atoms with Crippen molar-refractivity contribution >= 4 is 0 Å². The summed E-state index contributed by atoms with van der Waals surface area (Å²) >= 11 is 0. The molecule has 1 N–H and O–H groups in total. The number of alkyl halides is 3. The number of benzene rings is 1. The van der Waals surface area contributed by atoms with Crippen molar-refractivity contribution in [2.75, 3.05) is 19.6 Å². The zero-order valence-corrected chi connectivity index (χ0v) is 10.8. The van der Waals surface area contributed by atoms with Crippen LogP contribution in [0.4, 0.5) is 13.2 Å². The first-order chi connectivity index (χ1) is 9.05. The number of hydrogen-bond donors (Lipinski definition) is 1. The number of hydrogen-bond acceptors (Lipinski definition) is 2. The highest BCUT2D eigenvalue weighted by molar-refractivity contribution is 5.14. The molecule has 1 aromatic carbocycles. The molecule has 1 aliphatic rings. The molecule has 0 atom stereocenters. The fraction of sp³-hybridized carbons (Fsp3) is 0.571. The van der Waals surface area contributed by atoms with Crippen molar-refractivity contribution in [3.63, 3.8) is 0 Å². The SMILES string of the molecule is FC(F)(F)N1CCC(CNCc2ccccc2)CC1. The van der Waals surface area contributed by atoms with Gasteiger partial charge in [0.2, 0.25) is 0 Å². The van der Waals surface area contributed by atoms with Crippen LogP contribution in [0.3, 0.4) is 0 Å². The first-order valence-electron chi connectivity index (χ1n) is 6.62. The van der Waals surface area contributed by atoms with Crippen LogP contribution in [0.25, 0.3) is 0 Å². The van der Waals surface area contributed by atoms with Crippen LogP contribution in [-0.4, -0.2) is 30.8 Å². The molecule has 106 valence electrons. The van der Waals surface area contributed by atoms with Crippen LogP contribution in [-0.2, 0) is 6.54 Å². The molecule has 1 heterocycles. The maximum atomic E-state index is 12.5. The van der Waals surface area contributed by atoms with Gasteiger partial charge in [-0.3, -0.25) is 0 Å². The van der Waals surface area contributed by atoms with Gasteiger partial charge >= 0.3 is 6.30 Å². The Morgan fingerprint density at radius 2 is 1.74 bits per heavy atom. The summed E-state index contributed by atoms with van der Waals surface area (Å²) in [5, 5.41) is 3.33. The molecular formula is C14H19F3N2. The summed E-state index contributed by atoms with van der Waals surface area (Å²) in [4.78, 5) is 0.612. The third-order valence-electron chi connectivity index (χ3n) is 3.58. The van der Waals surface area contributed by atoms with E-state index in [1.807, 2.05) is 30.3 Å². The molecule has 1 aromatic rings. The lowest BCUT2D eigenvalue weighted by Crippen LogP contribution is -2.45. The Kier molecular flexibility index (Phi) is 4.82. The van der Waals surface area contributed by atoms with Crippen LogP contribution in [0.2, 0.25) is 0 Å². The standard InChI is InChI=1S/C14H19F3N2/c15-14(16,17)19-8-6-13(7-9-19)11-18-10-12-4-2-1-3-5-12/h1-5,13,18H,6-11H2. The van der Waals surface area contributed by atoms with E-state index in [1.165, 1.54) is 5.56 Å². The number of piperidine rings is 1. The van der Waals surface area contributed by atoms with E-state index in [1.54, 1.807) is 0 Å². The van der Waals surface area contributed by atoms with Crippen molar-refractivity contribution in [3.05, 3.63) is 35.9 Å². The fourth-order valence-corrected chi connectivity index (χ4v) is 2.41. The number of rotatable bonds is 4. The van der Waals surface area contributed by atoms with Gasteiger partial charge < -0.3 is 5.32 Å². The van der Waals surface area contributed by atoms with Gasteiger partial charge in [0.05, 0.1) is 0 Å². The molecule has 1 aliphatic heterocycles. The third kappa shape index (κ3) is 4.51. The van der Waals surface area contributed by atoms with Crippen LogP contribution in [0.15, 0.2) is 30.3 Å². The highest BCUT2D eigenvalue weighted by atomic mass is 19.4. The summed E-state index contributed by atoms with van der Waals surface area (Å²) < 4.78 is 37.4. The average Bonchev–Trinajstić information content (AvgIpc) is 2.39. The van der Waals surface area contributed by atoms with Crippen molar-refractivity contribution in [1.82, 2.24) is 10.2 Å². The number of nitrogens with one attached hydrogen (secondary N) is 1. The zero-order valence-electron chi connectivity index (χ0n) is 10.8. The molecule has 0 bridgehead atoms. The molecule has 19 heavy (non-hydrogen) atoms. The van der Waals surface area contributed by atoms with Crippen molar-refractivity contribution in [1.29, 1.82) is 0 Å². The number of nitrogens with zero attached hydrogens (tertiary/aromatic N) is 1. The van der Waals surface area contributed by atoms with Crippen molar-refractivity contribution < 1.29 is 13.2 Å². The van der Waals surface area contributed by atoms with Crippen molar-refractivity contribution in [2.45, 2.75) is 25.7 Å². The average molecular weight is 272 g/mol. The molecule has 0 radical (unpaired) electrons. The molecular weight excluding hydrogens is 253 g/mol. The molecule has 5 heteroatoms. The van der Waals surface area contributed by atoms with Gasteiger partial charge in [0.25, 0.3) is 0 Å². The summed E-state index contributed by atoms with van der Waals surface area (Å²) in [6.45, 7) is 1.82. The normalized spacial score (nSPS) is 18.7. The van der Waals surface area contributed by atoms with E-state index in [-0.39, 0.29) is 13.1 Å². The fourth-order valence-electron chi connectivity index (χ4n) is 2.41. The second-order valence-electron chi connectivity index (χ2n) is 5.01. The Balaban J connectivity index is 1.66. The Morgan fingerprint density at radius 3 is 2.32 bits per heavy atom. The molecule has 0 amide bonds. The van der Waals surface area contributed by atoms with Crippen LogP contribution >= 0.6 is 0 Å². The lowest BCUT2D eigenvalue weighted by Gasteiger charge is -2.33. The van der Waals surface area contributed by atoms with E-state index in [9.17, 15) is 13.2 Å². The van der Waals surface area contributed by atoms with Gasteiger partial charge in [-0.05, 0) is 30.9 Å². The minimum absolute atomic E-state index is 0.126. The van der Waals surface area contributed by atoms with E-state index in [4.69, 9.17) is 0 Å². The van der Waals surface area contributed by atoms with E-state index < -0.39 is 6.30 Å². The first-order valence-corrected chi connectivity index (χ1v) is 6.62. The van der Waals surface area contributed by atoms with Gasteiger partial charge in [-0.25, -0.2) is 4.90 Å². The Labute approximate surface area is 111 Å². The highest BCUT2D eigenvalue weighted by Crippen LogP contribution is 2.27. The molecule has 2 nitrogen and oxygen atoms in total. The molecule has 0 aliphatic carbocycles. The minimum Gasteiger partial charge on any atom is -0.312 e. The Hall–Kier alpha value is -1.07. The van der Waals surface area contributed by atoms with Crippen LogP contribution in [0.1, 0.15) is 18.4 Å². The predicted octanol–water partition coefficient (Wildman–Crippen LogP) is 3.01. The molecule has 1 fully saturated rings. The molecule has 0 unspecified atom stereocenters. The van der Waals surface area contributed by atoms with Gasteiger partial charge in [0, 0.05) is 19.6 Å². The highest BCUT2D eigenvalue weighted by Gasteiger charge is 2.38. The minimum atomic E-state index is -4.16. The van der Waals surface area contributed by atoms with Gasteiger partial charge in [0.1, 0.15) is 0 Å². The second-order valence-corrected chi connectivity index (χ2v) is 5.01. The Bertz CT molecular complexity index is 370. The maximum Gasteiger partial charge on any atom is 0.459 e. The molecule has 0 saturated carbocycles. The van der Waals surface area contributed by atoms with Crippen LogP contribution in [0, 0.1) is 5.92 Å². The van der Waals surface area contributed by atoms with Crippen LogP contribution < -0.4 is 5.32 Å². The number of halogens is 3. The van der Waals surface area contributed by atoms with Crippen molar-refractivity contribution in [2.24, 2.45) is 5.92 Å². The molecule has 0 aromatic heterocycles. The lowest BCUT2D eigenvalue weighted by atomic mass is 9.97. The summed E-state index contributed by atoms with van der Waals surface area (Å²) in [6.07, 6.45) is -2.94. The van der Waals surface area contributed by atoms with Gasteiger partial charge in [-0.1, -0.05) is 30.3 Å². The monoisotopic (exact) mass is 272 g/mol. The number of likely N-dealkylation sites (tertiary alicyclic amines) is 1. The maximum absolute atomic E-state index is 12.5.